The molecule has 0 bridgehead atoms. The zero-order chi connectivity index (χ0) is 13.7. The van der Waals surface area contributed by atoms with Crippen LogP contribution in [0.1, 0.15) is 45.4 Å². The van der Waals surface area contributed by atoms with Gasteiger partial charge in [-0.15, -0.1) is 12.4 Å². The molecule has 0 saturated heterocycles. The number of aromatic nitrogens is 1. The molecule has 4 nitrogen and oxygen atoms in total. The maximum atomic E-state index is 12.1. The van der Waals surface area contributed by atoms with E-state index >= 15 is 0 Å². The second kappa shape index (κ2) is 8.10. The molecule has 1 aliphatic carbocycles. The van der Waals surface area contributed by atoms with E-state index in [9.17, 15) is 4.79 Å². The number of nitrogens with zero attached hydrogens (tertiary/aromatic N) is 1. The fourth-order valence-corrected chi connectivity index (χ4v) is 2.77. The number of nitrogen functional groups attached to an aromatic ring is 1. The van der Waals surface area contributed by atoms with Crippen LogP contribution in [-0.4, -0.2) is 10.9 Å². The maximum absolute atomic E-state index is 12.1. The summed E-state index contributed by atoms with van der Waals surface area (Å²) >= 11 is 0. The number of hydrogen-bond acceptors (Lipinski definition) is 3. The summed E-state index contributed by atoms with van der Waals surface area (Å²) in [6.07, 6.45) is 9.15. The molecule has 0 aromatic carbocycles. The largest absolute Gasteiger partial charge is 0.384 e. The van der Waals surface area contributed by atoms with E-state index in [4.69, 9.17) is 5.73 Å². The van der Waals surface area contributed by atoms with Gasteiger partial charge >= 0.3 is 0 Å². The number of nitrogens with one attached hydrogen (secondary N) is 1. The van der Waals surface area contributed by atoms with Gasteiger partial charge in [-0.05, 0) is 24.5 Å². The summed E-state index contributed by atoms with van der Waals surface area (Å²) in [4.78, 5) is 16.1. The molecule has 1 aliphatic rings. The van der Waals surface area contributed by atoms with Gasteiger partial charge in [0.05, 0.1) is 11.9 Å². The van der Waals surface area contributed by atoms with Crippen LogP contribution in [0.25, 0.3) is 0 Å². The molecule has 1 aromatic heterocycles. The number of nitrogens with two attached hydrogens (primary N) is 1. The maximum Gasteiger partial charge on any atom is 0.227 e. The van der Waals surface area contributed by atoms with E-state index in [-0.39, 0.29) is 24.2 Å². The van der Waals surface area contributed by atoms with Gasteiger partial charge in [-0.2, -0.15) is 0 Å². The zero-order valence-electron chi connectivity index (χ0n) is 12.0. The summed E-state index contributed by atoms with van der Waals surface area (Å²) in [5.41, 5.74) is 6.23. The third-order valence-corrected chi connectivity index (χ3v) is 3.91. The number of hydrogen-bond donors (Lipinski definition) is 2. The SMILES string of the molecule is CC(CC1CCCCC1)C(=O)Nc1ccc(N)nc1.Cl. The average Bonchev–Trinajstić information content (AvgIpc) is 2.42. The van der Waals surface area contributed by atoms with Crippen LogP contribution >= 0.6 is 12.4 Å². The first-order valence-electron chi connectivity index (χ1n) is 7.17. The Balaban J connectivity index is 0.00000200. The zero-order valence-corrected chi connectivity index (χ0v) is 12.8. The Bertz CT molecular complexity index is 416. The van der Waals surface area contributed by atoms with Crippen molar-refractivity contribution in [2.75, 3.05) is 11.1 Å². The number of amides is 1. The number of halogens is 1. The Morgan fingerprint density at radius 1 is 1.40 bits per heavy atom. The van der Waals surface area contributed by atoms with Crippen molar-refractivity contribution in [1.82, 2.24) is 4.98 Å². The van der Waals surface area contributed by atoms with Crippen LogP contribution < -0.4 is 11.1 Å². The first-order chi connectivity index (χ1) is 9.15. The number of carbonyl (C=O) groups excluding carboxylic acids is 1. The lowest BCUT2D eigenvalue weighted by atomic mass is 9.83. The lowest BCUT2D eigenvalue weighted by Crippen LogP contribution is -2.23. The Morgan fingerprint density at radius 3 is 2.70 bits per heavy atom. The smallest absolute Gasteiger partial charge is 0.227 e. The third-order valence-electron chi connectivity index (χ3n) is 3.91. The average molecular weight is 298 g/mol. The molecular weight excluding hydrogens is 274 g/mol. The lowest BCUT2D eigenvalue weighted by molar-refractivity contribution is -0.120. The molecule has 1 amide bonds. The van der Waals surface area contributed by atoms with E-state index in [0.29, 0.717) is 5.82 Å². The number of anilines is 2. The van der Waals surface area contributed by atoms with Crippen LogP contribution in [0.15, 0.2) is 18.3 Å². The van der Waals surface area contributed by atoms with Gasteiger partial charge in [-0.1, -0.05) is 39.0 Å². The van der Waals surface area contributed by atoms with E-state index in [1.165, 1.54) is 32.1 Å². The topological polar surface area (TPSA) is 68.0 Å². The summed E-state index contributed by atoms with van der Waals surface area (Å²) in [6, 6.07) is 3.48. The standard InChI is InChI=1S/C15H23N3O.ClH/c1-11(9-12-5-3-2-4-6-12)15(19)18-13-7-8-14(16)17-10-13;/h7-8,10-12H,2-6,9H2,1H3,(H2,16,17)(H,18,19);1H. The van der Waals surface area contributed by atoms with Crippen molar-refractivity contribution in [1.29, 1.82) is 0 Å². The van der Waals surface area contributed by atoms with Gasteiger partial charge in [0.2, 0.25) is 5.91 Å². The van der Waals surface area contributed by atoms with Crippen molar-refractivity contribution in [3.05, 3.63) is 18.3 Å². The highest BCUT2D eigenvalue weighted by molar-refractivity contribution is 5.92. The Kier molecular flexibility index (Phi) is 6.79. The predicted molar refractivity (Wildman–Crippen MR) is 84.9 cm³/mol. The highest BCUT2D eigenvalue weighted by Gasteiger charge is 2.20. The molecule has 1 saturated carbocycles. The number of rotatable bonds is 4. The van der Waals surface area contributed by atoms with Crippen molar-refractivity contribution >= 4 is 29.8 Å². The monoisotopic (exact) mass is 297 g/mol. The van der Waals surface area contributed by atoms with Crippen molar-refractivity contribution in [2.45, 2.75) is 45.4 Å². The van der Waals surface area contributed by atoms with Crippen LogP contribution in [0, 0.1) is 11.8 Å². The van der Waals surface area contributed by atoms with Crippen LogP contribution in [0.4, 0.5) is 11.5 Å². The van der Waals surface area contributed by atoms with Gasteiger partial charge in [0, 0.05) is 5.92 Å². The Hall–Kier alpha value is -1.29. The molecule has 0 spiro atoms. The second-order valence-corrected chi connectivity index (χ2v) is 5.60. The van der Waals surface area contributed by atoms with Crippen LogP contribution in [0.2, 0.25) is 0 Å². The van der Waals surface area contributed by atoms with Gasteiger partial charge in [0.15, 0.2) is 0 Å². The van der Waals surface area contributed by atoms with E-state index in [1.807, 2.05) is 6.92 Å². The second-order valence-electron chi connectivity index (χ2n) is 5.60. The van der Waals surface area contributed by atoms with E-state index < -0.39 is 0 Å². The molecular formula is C15H24ClN3O. The number of carbonyl (C=O) groups is 1. The van der Waals surface area contributed by atoms with Crippen molar-refractivity contribution < 1.29 is 4.79 Å². The summed E-state index contributed by atoms with van der Waals surface area (Å²) < 4.78 is 0. The van der Waals surface area contributed by atoms with Crippen LogP contribution in [-0.2, 0) is 4.79 Å². The fourth-order valence-electron chi connectivity index (χ4n) is 2.77. The molecule has 1 unspecified atom stereocenters. The predicted octanol–water partition coefficient (Wildman–Crippen LogP) is 3.63. The Labute approximate surface area is 126 Å². The third kappa shape index (κ3) is 5.00. The summed E-state index contributed by atoms with van der Waals surface area (Å²) in [6.45, 7) is 2.01. The van der Waals surface area contributed by atoms with Gasteiger partial charge < -0.3 is 11.1 Å². The van der Waals surface area contributed by atoms with Gasteiger partial charge in [0.1, 0.15) is 5.82 Å². The molecule has 0 aliphatic heterocycles. The van der Waals surface area contributed by atoms with Crippen LogP contribution in [0.3, 0.4) is 0 Å². The lowest BCUT2D eigenvalue weighted by Gasteiger charge is -2.24. The molecule has 1 fully saturated rings. The summed E-state index contributed by atoms with van der Waals surface area (Å²) in [5.74, 6) is 1.32. The normalized spacial score (nSPS) is 17.1. The number of pyridine rings is 1. The molecule has 20 heavy (non-hydrogen) atoms. The summed E-state index contributed by atoms with van der Waals surface area (Å²) in [5, 5.41) is 2.90. The first-order valence-corrected chi connectivity index (χ1v) is 7.17. The van der Waals surface area contributed by atoms with Crippen molar-refractivity contribution in [3.8, 4) is 0 Å². The first kappa shape index (κ1) is 16.8. The molecule has 1 aromatic rings. The minimum Gasteiger partial charge on any atom is -0.384 e. The van der Waals surface area contributed by atoms with Gasteiger partial charge in [0.25, 0.3) is 0 Å². The minimum atomic E-state index is 0. The van der Waals surface area contributed by atoms with Gasteiger partial charge in [-0.25, -0.2) is 4.98 Å². The highest BCUT2D eigenvalue weighted by Crippen LogP contribution is 2.29. The molecule has 112 valence electrons. The fraction of sp³-hybridized carbons (Fsp3) is 0.600. The molecule has 0 radical (unpaired) electrons. The quantitative estimate of drug-likeness (QED) is 0.891. The molecule has 2 rings (SSSR count). The van der Waals surface area contributed by atoms with E-state index in [0.717, 1.165) is 18.0 Å². The van der Waals surface area contributed by atoms with Crippen molar-refractivity contribution in [3.63, 3.8) is 0 Å². The van der Waals surface area contributed by atoms with E-state index in [1.54, 1.807) is 18.3 Å². The minimum absolute atomic E-state index is 0. The van der Waals surface area contributed by atoms with Crippen LogP contribution in [0.5, 0.6) is 0 Å². The molecule has 1 atom stereocenters. The van der Waals surface area contributed by atoms with E-state index in [2.05, 4.69) is 10.3 Å². The summed E-state index contributed by atoms with van der Waals surface area (Å²) in [7, 11) is 0. The van der Waals surface area contributed by atoms with Crippen molar-refractivity contribution in [2.24, 2.45) is 11.8 Å². The molecule has 3 N–H and O–H groups in total. The Morgan fingerprint density at radius 2 is 2.10 bits per heavy atom. The molecule has 1 heterocycles. The molecule has 5 heteroatoms. The van der Waals surface area contributed by atoms with Gasteiger partial charge in [-0.3, -0.25) is 4.79 Å². The highest BCUT2D eigenvalue weighted by atomic mass is 35.5.